The zero-order valence-electron chi connectivity index (χ0n) is 9.02. The van der Waals surface area contributed by atoms with Gasteiger partial charge in [0.25, 0.3) is 0 Å². The molecule has 0 aromatic carbocycles. The molecule has 0 unspecified atom stereocenters. The van der Waals surface area contributed by atoms with Gasteiger partial charge in [0.1, 0.15) is 5.69 Å². The maximum Gasteiger partial charge on any atom is 0.223 e. The second-order valence-corrected chi connectivity index (χ2v) is 3.79. The zero-order valence-corrected chi connectivity index (χ0v) is 9.02. The quantitative estimate of drug-likeness (QED) is 0.806. The number of H-pyrrole nitrogens is 1. The van der Waals surface area contributed by atoms with Crippen molar-refractivity contribution in [2.75, 3.05) is 0 Å². The summed E-state index contributed by atoms with van der Waals surface area (Å²) in [5.41, 5.74) is 2.90. The van der Waals surface area contributed by atoms with E-state index in [1.807, 2.05) is 19.1 Å². The first-order chi connectivity index (χ1) is 7.18. The van der Waals surface area contributed by atoms with Crippen LogP contribution in [0.15, 0.2) is 12.1 Å². The van der Waals surface area contributed by atoms with Crippen LogP contribution < -0.4 is 0 Å². The minimum absolute atomic E-state index is 0.399. The van der Waals surface area contributed by atoms with E-state index in [1.165, 1.54) is 0 Å². The molecule has 0 radical (unpaired) electrons. The summed E-state index contributed by atoms with van der Waals surface area (Å²) in [7, 11) is 0. The first-order valence-corrected chi connectivity index (χ1v) is 4.90. The van der Waals surface area contributed by atoms with Crippen LogP contribution in [0.25, 0.3) is 11.5 Å². The van der Waals surface area contributed by atoms with Gasteiger partial charge in [-0.1, -0.05) is 19.9 Å². The van der Waals surface area contributed by atoms with Gasteiger partial charge in [0.05, 0.1) is 0 Å². The molecular formula is C10H13N5. The van der Waals surface area contributed by atoms with Gasteiger partial charge in [-0.25, -0.2) is 4.98 Å². The van der Waals surface area contributed by atoms with Crippen molar-refractivity contribution in [1.29, 1.82) is 0 Å². The molecule has 78 valence electrons. The fourth-order valence-electron chi connectivity index (χ4n) is 1.35. The molecule has 0 amide bonds. The van der Waals surface area contributed by atoms with Crippen LogP contribution in [0.3, 0.4) is 0 Å². The molecule has 0 saturated heterocycles. The predicted molar refractivity (Wildman–Crippen MR) is 56.2 cm³/mol. The SMILES string of the molecule is Cc1ccc(C(C)C)nc1-c1nn[nH]n1. The van der Waals surface area contributed by atoms with Crippen LogP contribution in [0.2, 0.25) is 0 Å². The van der Waals surface area contributed by atoms with Crippen molar-refractivity contribution in [3.8, 4) is 11.5 Å². The average Bonchev–Trinajstić information content (AvgIpc) is 2.71. The van der Waals surface area contributed by atoms with E-state index in [0.717, 1.165) is 17.0 Å². The lowest BCUT2D eigenvalue weighted by Gasteiger charge is -2.07. The van der Waals surface area contributed by atoms with E-state index in [0.29, 0.717) is 11.7 Å². The first kappa shape index (κ1) is 9.76. The fourth-order valence-corrected chi connectivity index (χ4v) is 1.35. The molecule has 0 spiro atoms. The van der Waals surface area contributed by atoms with Crippen molar-refractivity contribution in [1.82, 2.24) is 25.6 Å². The van der Waals surface area contributed by atoms with Crippen molar-refractivity contribution in [2.45, 2.75) is 26.7 Å². The van der Waals surface area contributed by atoms with Gasteiger partial charge in [-0.05, 0) is 29.7 Å². The molecule has 2 rings (SSSR count). The van der Waals surface area contributed by atoms with E-state index >= 15 is 0 Å². The molecule has 1 N–H and O–H groups in total. The molecule has 2 aromatic rings. The summed E-state index contributed by atoms with van der Waals surface area (Å²) in [5.74, 6) is 0.950. The number of rotatable bonds is 2. The highest BCUT2D eigenvalue weighted by molar-refractivity contribution is 5.53. The van der Waals surface area contributed by atoms with E-state index < -0.39 is 0 Å². The summed E-state index contributed by atoms with van der Waals surface area (Å²) in [6, 6.07) is 4.07. The molecule has 0 bridgehead atoms. The third-order valence-electron chi connectivity index (χ3n) is 2.27. The lowest BCUT2D eigenvalue weighted by atomic mass is 10.1. The van der Waals surface area contributed by atoms with E-state index in [4.69, 9.17) is 0 Å². The Morgan fingerprint density at radius 1 is 1.27 bits per heavy atom. The van der Waals surface area contributed by atoms with Crippen LogP contribution in [0, 0.1) is 6.92 Å². The predicted octanol–water partition coefficient (Wildman–Crippen LogP) is 1.69. The van der Waals surface area contributed by atoms with E-state index in [1.54, 1.807) is 0 Å². The van der Waals surface area contributed by atoms with Gasteiger partial charge in [0, 0.05) is 5.69 Å². The molecular weight excluding hydrogens is 190 g/mol. The minimum atomic E-state index is 0.399. The van der Waals surface area contributed by atoms with Gasteiger partial charge in [0.15, 0.2) is 0 Å². The third-order valence-corrected chi connectivity index (χ3v) is 2.27. The summed E-state index contributed by atoms with van der Waals surface area (Å²) >= 11 is 0. The van der Waals surface area contributed by atoms with Crippen LogP contribution in [-0.2, 0) is 0 Å². The summed E-state index contributed by atoms with van der Waals surface area (Å²) in [6.07, 6.45) is 0. The van der Waals surface area contributed by atoms with Crippen molar-refractivity contribution in [2.24, 2.45) is 0 Å². The molecule has 0 aliphatic heterocycles. The summed E-state index contributed by atoms with van der Waals surface area (Å²) in [4.78, 5) is 4.53. The maximum atomic E-state index is 4.53. The number of hydrogen-bond donors (Lipinski definition) is 1. The monoisotopic (exact) mass is 203 g/mol. The zero-order chi connectivity index (χ0) is 10.8. The second kappa shape index (κ2) is 3.76. The minimum Gasteiger partial charge on any atom is -0.249 e. The number of pyridine rings is 1. The average molecular weight is 203 g/mol. The molecule has 15 heavy (non-hydrogen) atoms. The Morgan fingerprint density at radius 2 is 2.07 bits per heavy atom. The highest BCUT2D eigenvalue weighted by atomic mass is 15.5. The van der Waals surface area contributed by atoms with Crippen molar-refractivity contribution >= 4 is 0 Å². The molecule has 0 aliphatic carbocycles. The second-order valence-electron chi connectivity index (χ2n) is 3.79. The van der Waals surface area contributed by atoms with Gasteiger partial charge in [-0.2, -0.15) is 5.21 Å². The number of nitrogens with zero attached hydrogens (tertiary/aromatic N) is 4. The molecule has 5 nitrogen and oxygen atoms in total. The Bertz CT molecular complexity index is 447. The summed E-state index contributed by atoms with van der Waals surface area (Å²) < 4.78 is 0. The van der Waals surface area contributed by atoms with Crippen LogP contribution in [-0.4, -0.2) is 25.6 Å². The van der Waals surface area contributed by atoms with Crippen molar-refractivity contribution < 1.29 is 0 Å². The van der Waals surface area contributed by atoms with Gasteiger partial charge in [0.2, 0.25) is 5.82 Å². The number of aromatic nitrogens is 5. The maximum absolute atomic E-state index is 4.53. The van der Waals surface area contributed by atoms with E-state index in [9.17, 15) is 0 Å². The molecule has 0 atom stereocenters. The van der Waals surface area contributed by atoms with Gasteiger partial charge in [-0.3, -0.25) is 0 Å². The highest BCUT2D eigenvalue weighted by Crippen LogP contribution is 2.20. The fraction of sp³-hybridized carbons (Fsp3) is 0.400. The lowest BCUT2D eigenvalue weighted by molar-refractivity contribution is 0.821. The highest BCUT2D eigenvalue weighted by Gasteiger charge is 2.10. The molecule has 0 aliphatic rings. The summed E-state index contributed by atoms with van der Waals surface area (Å²) in [5, 5.41) is 13.8. The van der Waals surface area contributed by atoms with Crippen molar-refractivity contribution in [3.05, 3.63) is 23.4 Å². The Labute approximate surface area is 87.9 Å². The third kappa shape index (κ3) is 1.86. The largest absolute Gasteiger partial charge is 0.249 e. The van der Waals surface area contributed by atoms with Gasteiger partial charge < -0.3 is 0 Å². The number of hydrogen-bond acceptors (Lipinski definition) is 4. The number of aromatic amines is 1. The van der Waals surface area contributed by atoms with Gasteiger partial charge >= 0.3 is 0 Å². The summed E-state index contributed by atoms with van der Waals surface area (Å²) in [6.45, 7) is 6.21. The Hall–Kier alpha value is -1.78. The van der Waals surface area contributed by atoms with E-state index in [2.05, 4.69) is 39.5 Å². The molecule has 0 fully saturated rings. The number of nitrogens with one attached hydrogen (secondary N) is 1. The van der Waals surface area contributed by atoms with Gasteiger partial charge in [-0.15, -0.1) is 10.2 Å². The van der Waals surface area contributed by atoms with Crippen LogP contribution in [0.1, 0.15) is 31.0 Å². The standard InChI is InChI=1S/C10H13N5/c1-6(2)8-5-4-7(3)9(11-8)10-12-14-15-13-10/h4-6H,1-3H3,(H,12,13,14,15). The topological polar surface area (TPSA) is 67.3 Å². The lowest BCUT2D eigenvalue weighted by Crippen LogP contribution is -1.97. The Kier molecular flexibility index (Phi) is 2.45. The Morgan fingerprint density at radius 3 is 2.67 bits per heavy atom. The number of tetrazole rings is 1. The van der Waals surface area contributed by atoms with E-state index in [-0.39, 0.29) is 0 Å². The van der Waals surface area contributed by atoms with Crippen LogP contribution in [0.5, 0.6) is 0 Å². The number of aryl methyl sites for hydroxylation is 1. The molecule has 0 saturated carbocycles. The first-order valence-electron chi connectivity index (χ1n) is 4.90. The smallest absolute Gasteiger partial charge is 0.223 e. The van der Waals surface area contributed by atoms with Crippen molar-refractivity contribution in [3.63, 3.8) is 0 Å². The molecule has 2 heterocycles. The molecule has 5 heteroatoms. The van der Waals surface area contributed by atoms with Crippen LogP contribution in [0.4, 0.5) is 0 Å². The van der Waals surface area contributed by atoms with Crippen LogP contribution >= 0.6 is 0 Å². The molecule has 2 aromatic heterocycles. The Balaban J connectivity index is 2.51. The normalized spacial score (nSPS) is 10.9.